The van der Waals surface area contributed by atoms with Crippen molar-refractivity contribution in [1.29, 1.82) is 0 Å². The Morgan fingerprint density at radius 1 is 1.07 bits per heavy atom. The normalized spacial score (nSPS) is 15.6. The van der Waals surface area contributed by atoms with Gasteiger partial charge in [-0.05, 0) is 36.2 Å². The molecular weight excluding hydrogens is 404 g/mol. The predicted octanol–water partition coefficient (Wildman–Crippen LogP) is 3.49. The number of carboxylic acid groups (broad SMARTS) is 2. The number of aromatic nitrogens is 2. The molecule has 1 aliphatic rings. The summed E-state index contributed by atoms with van der Waals surface area (Å²) in [5.41, 5.74) is 3.32. The van der Waals surface area contributed by atoms with E-state index in [4.69, 9.17) is 0 Å². The molecule has 1 atom stereocenters. The van der Waals surface area contributed by atoms with Gasteiger partial charge in [-0.3, -0.25) is 18.7 Å². The van der Waals surface area contributed by atoms with Crippen LogP contribution in [0.3, 0.4) is 0 Å². The molecule has 0 radical (unpaired) electrons. The van der Waals surface area contributed by atoms with Gasteiger partial charge in [-0.2, -0.15) is 0 Å². The molecule has 3 aromatic rings. The van der Waals surface area contributed by atoms with Crippen LogP contribution in [-0.2, 0) is 16.1 Å². The molecule has 0 bridgehead atoms. The van der Waals surface area contributed by atoms with Crippen LogP contribution in [0.1, 0.15) is 35.9 Å². The molecule has 30 heavy (non-hydrogen) atoms. The highest BCUT2D eigenvalue weighted by atomic mass is 32.2. The number of aliphatic carboxylic acids is 2. The molecule has 0 spiro atoms. The lowest BCUT2D eigenvalue weighted by molar-refractivity contribution is -0.140. The minimum absolute atomic E-state index is 0.153. The van der Waals surface area contributed by atoms with Crippen molar-refractivity contribution in [2.75, 3.05) is 5.75 Å². The summed E-state index contributed by atoms with van der Waals surface area (Å²) in [6, 6.07) is 12.4. The van der Waals surface area contributed by atoms with Crippen molar-refractivity contribution in [3.05, 3.63) is 64.1 Å². The van der Waals surface area contributed by atoms with Crippen molar-refractivity contribution in [3.8, 4) is 0 Å². The fourth-order valence-electron chi connectivity index (χ4n) is 4.36. The number of thioether (sulfide) groups is 1. The van der Waals surface area contributed by atoms with E-state index in [2.05, 4.69) is 19.1 Å². The quantitative estimate of drug-likeness (QED) is 0.600. The second-order valence-corrected chi connectivity index (χ2v) is 8.66. The molecule has 2 heterocycles. The molecule has 1 aliphatic heterocycles. The summed E-state index contributed by atoms with van der Waals surface area (Å²) >= 11 is 1.77. The molecule has 156 valence electrons. The second kappa shape index (κ2) is 8.02. The van der Waals surface area contributed by atoms with E-state index >= 15 is 0 Å². The maximum absolute atomic E-state index is 13.4. The van der Waals surface area contributed by atoms with Crippen molar-refractivity contribution in [2.45, 2.75) is 43.2 Å². The van der Waals surface area contributed by atoms with Gasteiger partial charge in [0.2, 0.25) is 0 Å². The number of fused-ring (bicyclic) bond motifs is 2. The molecule has 7 nitrogen and oxygen atoms in total. The summed E-state index contributed by atoms with van der Waals surface area (Å²) in [7, 11) is 0. The highest BCUT2D eigenvalue weighted by Crippen LogP contribution is 2.42. The van der Waals surface area contributed by atoms with Crippen LogP contribution in [0, 0.1) is 6.92 Å². The van der Waals surface area contributed by atoms with Crippen LogP contribution in [0.15, 0.2) is 52.2 Å². The first kappa shape index (κ1) is 20.3. The van der Waals surface area contributed by atoms with E-state index in [0.29, 0.717) is 17.6 Å². The number of aryl methyl sites for hydroxylation is 1. The van der Waals surface area contributed by atoms with Gasteiger partial charge in [-0.25, -0.2) is 4.79 Å². The zero-order chi connectivity index (χ0) is 21.4. The molecule has 1 aromatic heterocycles. The van der Waals surface area contributed by atoms with Crippen LogP contribution in [0.2, 0.25) is 0 Å². The summed E-state index contributed by atoms with van der Waals surface area (Å²) in [4.78, 5) is 37.3. The summed E-state index contributed by atoms with van der Waals surface area (Å²) in [5.74, 6) is -1.26. The Morgan fingerprint density at radius 3 is 2.40 bits per heavy atom. The average Bonchev–Trinajstić information content (AvgIpc) is 3.21. The van der Waals surface area contributed by atoms with Crippen molar-refractivity contribution >= 4 is 34.7 Å². The highest BCUT2D eigenvalue weighted by molar-refractivity contribution is 7.99. The fraction of sp³-hybridized carbons (Fsp3) is 0.318. The molecule has 0 amide bonds. The van der Waals surface area contributed by atoms with E-state index in [1.54, 1.807) is 28.5 Å². The number of benzene rings is 2. The van der Waals surface area contributed by atoms with Crippen molar-refractivity contribution in [1.82, 2.24) is 9.13 Å². The van der Waals surface area contributed by atoms with Gasteiger partial charge < -0.3 is 10.2 Å². The molecule has 0 fully saturated rings. The maximum atomic E-state index is 13.4. The van der Waals surface area contributed by atoms with Gasteiger partial charge in [0.25, 0.3) is 0 Å². The second-order valence-electron chi connectivity index (χ2n) is 7.60. The smallest absolute Gasteiger partial charge is 0.329 e. The number of rotatable bonds is 7. The van der Waals surface area contributed by atoms with Crippen LogP contribution in [0.5, 0.6) is 0 Å². The van der Waals surface area contributed by atoms with Crippen LogP contribution < -0.4 is 5.69 Å². The van der Waals surface area contributed by atoms with E-state index in [9.17, 15) is 24.6 Å². The Bertz CT molecular complexity index is 1180. The molecule has 8 heteroatoms. The van der Waals surface area contributed by atoms with Gasteiger partial charge >= 0.3 is 17.6 Å². The van der Waals surface area contributed by atoms with Gasteiger partial charge in [0.15, 0.2) is 0 Å². The lowest BCUT2D eigenvalue weighted by Crippen LogP contribution is -2.31. The fourth-order valence-corrected chi connectivity index (χ4v) is 5.67. The van der Waals surface area contributed by atoms with Crippen LogP contribution in [-0.4, -0.2) is 37.0 Å². The molecule has 0 saturated heterocycles. The summed E-state index contributed by atoms with van der Waals surface area (Å²) in [5, 5.41) is 18.6. The number of hydrogen-bond donors (Lipinski definition) is 2. The van der Waals surface area contributed by atoms with E-state index in [0.717, 1.165) is 5.75 Å². The number of hydrogen-bond acceptors (Lipinski definition) is 4. The van der Waals surface area contributed by atoms with Crippen LogP contribution >= 0.6 is 11.8 Å². The van der Waals surface area contributed by atoms with E-state index in [1.807, 2.05) is 18.2 Å². The largest absolute Gasteiger partial charge is 0.481 e. The summed E-state index contributed by atoms with van der Waals surface area (Å²) in [6.07, 6.45) is -0.858. The number of carbonyl (C=O) groups is 2. The summed E-state index contributed by atoms with van der Waals surface area (Å²) in [6.45, 7) is 2.53. The lowest BCUT2D eigenvalue weighted by Gasteiger charge is -2.15. The third kappa shape index (κ3) is 3.63. The van der Waals surface area contributed by atoms with Crippen molar-refractivity contribution < 1.29 is 19.8 Å². The summed E-state index contributed by atoms with van der Waals surface area (Å²) < 4.78 is 3.01. The Morgan fingerprint density at radius 2 is 1.73 bits per heavy atom. The number of carboxylic acids is 2. The van der Waals surface area contributed by atoms with E-state index < -0.39 is 30.8 Å². The molecule has 0 saturated carbocycles. The van der Waals surface area contributed by atoms with Gasteiger partial charge in [0.1, 0.15) is 0 Å². The van der Waals surface area contributed by atoms with Gasteiger partial charge in [-0.1, -0.05) is 24.3 Å². The first-order valence-electron chi connectivity index (χ1n) is 9.72. The van der Waals surface area contributed by atoms with E-state index in [1.165, 1.54) is 20.6 Å². The monoisotopic (exact) mass is 426 g/mol. The minimum Gasteiger partial charge on any atom is -0.481 e. The van der Waals surface area contributed by atoms with Gasteiger partial charge in [0, 0.05) is 23.1 Å². The van der Waals surface area contributed by atoms with E-state index in [-0.39, 0.29) is 11.6 Å². The SMILES string of the molecule is Cc1cccc2c1C(Cn1c(=O)n(C(CC(=O)O)CC(=O)O)c3ccccc31)CS2. The Kier molecular flexibility index (Phi) is 5.42. The third-order valence-corrected chi connectivity index (χ3v) is 6.83. The zero-order valence-electron chi connectivity index (χ0n) is 16.4. The third-order valence-electron chi connectivity index (χ3n) is 5.59. The van der Waals surface area contributed by atoms with Gasteiger partial charge in [-0.15, -0.1) is 11.8 Å². The molecule has 1 unspecified atom stereocenters. The Labute approximate surface area is 176 Å². The first-order chi connectivity index (χ1) is 14.4. The van der Waals surface area contributed by atoms with Crippen molar-refractivity contribution in [3.63, 3.8) is 0 Å². The van der Waals surface area contributed by atoms with Crippen LogP contribution in [0.25, 0.3) is 11.0 Å². The van der Waals surface area contributed by atoms with Crippen molar-refractivity contribution in [2.24, 2.45) is 0 Å². The Hall–Kier alpha value is -3.00. The maximum Gasteiger partial charge on any atom is 0.329 e. The number of nitrogens with zero attached hydrogens (tertiary/aromatic N) is 2. The average molecular weight is 426 g/mol. The zero-order valence-corrected chi connectivity index (χ0v) is 17.3. The predicted molar refractivity (Wildman–Crippen MR) is 114 cm³/mol. The highest BCUT2D eigenvalue weighted by Gasteiger charge is 2.29. The molecule has 0 aliphatic carbocycles. The van der Waals surface area contributed by atoms with Gasteiger partial charge in [0.05, 0.1) is 29.9 Å². The van der Waals surface area contributed by atoms with Crippen LogP contribution in [0.4, 0.5) is 0 Å². The minimum atomic E-state index is -1.14. The molecular formula is C22H22N2O5S. The first-order valence-corrected chi connectivity index (χ1v) is 10.7. The molecule has 2 N–H and O–H groups in total. The molecule has 4 rings (SSSR count). The number of para-hydroxylation sites is 2. The lowest BCUT2D eigenvalue weighted by atomic mass is 9.96. The standard InChI is InChI=1S/C22H22N2O5S/c1-13-5-4-8-18-21(13)14(12-30-18)11-23-16-6-2-3-7-17(16)24(22(23)29)15(9-19(25)26)10-20(27)28/h2-8,14-15H,9-12H2,1H3,(H,25,26)(H,27,28). The number of imidazole rings is 1. The topological polar surface area (TPSA) is 102 Å². The molecule has 2 aromatic carbocycles. The Balaban J connectivity index is 1.81.